The number of Topliss-reactive ketones (excluding diaryl/α,β-unsaturated/α-hetero) is 1. The van der Waals surface area contributed by atoms with Gasteiger partial charge in [-0.3, -0.25) is 4.79 Å². The third-order valence-corrected chi connectivity index (χ3v) is 4.27. The lowest BCUT2D eigenvalue weighted by molar-refractivity contribution is -0.137. The van der Waals surface area contributed by atoms with Crippen molar-refractivity contribution in [3.63, 3.8) is 0 Å². The van der Waals surface area contributed by atoms with Gasteiger partial charge in [-0.05, 0) is 38.3 Å². The second-order valence-corrected chi connectivity index (χ2v) is 6.06. The highest BCUT2D eigenvalue weighted by Crippen LogP contribution is 2.29. The van der Waals surface area contributed by atoms with E-state index in [1.807, 2.05) is 0 Å². The fourth-order valence-corrected chi connectivity index (χ4v) is 2.79. The van der Waals surface area contributed by atoms with Gasteiger partial charge in [-0.1, -0.05) is 0 Å². The van der Waals surface area contributed by atoms with Gasteiger partial charge in [0.15, 0.2) is 17.7 Å². The maximum Gasteiger partial charge on any atom is 0.417 e. The number of carbonyl (C=O) groups excluding carboxylic acids is 2. The molecule has 1 aliphatic rings. The van der Waals surface area contributed by atoms with Crippen LogP contribution in [0.2, 0.25) is 0 Å². The fraction of sp³-hybridized carbons (Fsp3) is 0.412. The zero-order chi connectivity index (χ0) is 18.9. The second kappa shape index (κ2) is 6.89. The van der Waals surface area contributed by atoms with Crippen LogP contribution in [-0.4, -0.2) is 32.6 Å². The topological polar surface area (TPSA) is 74.1 Å². The summed E-state index contributed by atoms with van der Waals surface area (Å²) in [5.74, 6) is -0.636. The van der Waals surface area contributed by atoms with Crippen LogP contribution in [0.4, 0.5) is 13.2 Å². The van der Waals surface area contributed by atoms with Gasteiger partial charge in [0.2, 0.25) is 0 Å². The van der Waals surface area contributed by atoms with Crippen LogP contribution in [0.1, 0.15) is 47.3 Å². The van der Waals surface area contributed by atoms with Crippen LogP contribution in [-0.2, 0) is 15.7 Å². The molecule has 0 saturated heterocycles. The molecule has 0 spiro atoms. The summed E-state index contributed by atoms with van der Waals surface area (Å²) in [5, 5.41) is 4.00. The van der Waals surface area contributed by atoms with Crippen molar-refractivity contribution in [1.29, 1.82) is 0 Å². The molecule has 2 aromatic rings. The van der Waals surface area contributed by atoms with Crippen molar-refractivity contribution in [3.05, 3.63) is 41.3 Å². The van der Waals surface area contributed by atoms with E-state index in [0.717, 1.165) is 18.9 Å². The SMILES string of the molecule is Cc1c(C(=O)O[C@H]2CCCCC2=O)cnn1-c1ccc(C(F)(F)F)cn1. The highest BCUT2D eigenvalue weighted by atomic mass is 19.4. The molecule has 6 nitrogen and oxygen atoms in total. The predicted octanol–water partition coefficient (Wildman–Crippen LogP) is 3.26. The lowest BCUT2D eigenvalue weighted by atomic mass is 9.96. The van der Waals surface area contributed by atoms with E-state index in [-0.39, 0.29) is 17.2 Å². The normalized spacial score (nSPS) is 18.0. The Labute approximate surface area is 147 Å². The van der Waals surface area contributed by atoms with E-state index in [1.165, 1.54) is 16.9 Å². The number of pyridine rings is 1. The van der Waals surface area contributed by atoms with Crippen LogP contribution in [0.3, 0.4) is 0 Å². The first kappa shape index (κ1) is 18.1. The highest BCUT2D eigenvalue weighted by molar-refractivity contribution is 5.93. The van der Waals surface area contributed by atoms with Gasteiger partial charge in [-0.15, -0.1) is 0 Å². The van der Waals surface area contributed by atoms with Gasteiger partial charge in [0.1, 0.15) is 5.56 Å². The Morgan fingerprint density at radius 2 is 2.04 bits per heavy atom. The minimum Gasteiger partial charge on any atom is -0.451 e. The van der Waals surface area contributed by atoms with E-state index >= 15 is 0 Å². The van der Waals surface area contributed by atoms with Crippen molar-refractivity contribution in [3.8, 4) is 5.82 Å². The molecule has 1 fully saturated rings. The lowest BCUT2D eigenvalue weighted by Gasteiger charge is -2.20. The number of ketones is 1. The number of hydrogen-bond acceptors (Lipinski definition) is 5. The van der Waals surface area contributed by atoms with Crippen LogP contribution in [0, 0.1) is 6.92 Å². The molecule has 1 atom stereocenters. The van der Waals surface area contributed by atoms with E-state index in [1.54, 1.807) is 6.92 Å². The predicted molar refractivity (Wildman–Crippen MR) is 83.8 cm³/mol. The molecular formula is C17H16F3N3O3. The number of hydrogen-bond donors (Lipinski definition) is 0. The Hall–Kier alpha value is -2.71. The Bertz CT molecular complexity index is 828. The molecule has 3 rings (SSSR count). The lowest BCUT2D eigenvalue weighted by Crippen LogP contribution is -2.30. The molecule has 9 heteroatoms. The number of rotatable bonds is 3. The molecule has 1 saturated carbocycles. The smallest absolute Gasteiger partial charge is 0.417 e. The van der Waals surface area contributed by atoms with Gasteiger partial charge in [0.25, 0.3) is 0 Å². The molecule has 0 bridgehead atoms. The van der Waals surface area contributed by atoms with Crippen LogP contribution in [0.5, 0.6) is 0 Å². The van der Waals surface area contributed by atoms with E-state index < -0.39 is 23.8 Å². The van der Waals surface area contributed by atoms with Crippen molar-refractivity contribution >= 4 is 11.8 Å². The largest absolute Gasteiger partial charge is 0.451 e. The van der Waals surface area contributed by atoms with E-state index in [4.69, 9.17) is 4.74 Å². The van der Waals surface area contributed by atoms with Crippen LogP contribution < -0.4 is 0 Å². The average molecular weight is 367 g/mol. The molecule has 0 aromatic carbocycles. The molecule has 0 unspecified atom stereocenters. The minimum absolute atomic E-state index is 0.0981. The van der Waals surface area contributed by atoms with Crippen molar-refractivity contribution in [1.82, 2.24) is 14.8 Å². The summed E-state index contributed by atoms with van der Waals surface area (Å²) in [6.07, 6.45) is -0.765. The number of aromatic nitrogens is 3. The van der Waals surface area contributed by atoms with Gasteiger partial charge in [-0.2, -0.15) is 18.3 Å². The third-order valence-electron chi connectivity index (χ3n) is 4.27. The van der Waals surface area contributed by atoms with Gasteiger partial charge < -0.3 is 4.74 Å². The fourth-order valence-electron chi connectivity index (χ4n) is 2.79. The second-order valence-electron chi connectivity index (χ2n) is 6.06. The summed E-state index contributed by atoms with van der Waals surface area (Å²) in [6.45, 7) is 1.58. The van der Waals surface area contributed by atoms with Gasteiger partial charge in [-0.25, -0.2) is 14.5 Å². The summed E-state index contributed by atoms with van der Waals surface area (Å²) in [5.41, 5.74) is -0.364. The number of esters is 1. The van der Waals surface area contributed by atoms with Crippen LogP contribution in [0.15, 0.2) is 24.5 Å². The van der Waals surface area contributed by atoms with E-state index in [0.29, 0.717) is 24.7 Å². The van der Waals surface area contributed by atoms with Gasteiger partial charge in [0, 0.05) is 12.6 Å². The molecule has 138 valence electrons. The molecule has 2 heterocycles. The van der Waals surface area contributed by atoms with Crippen LogP contribution >= 0.6 is 0 Å². The zero-order valence-electron chi connectivity index (χ0n) is 13.9. The molecule has 1 aliphatic carbocycles. The van der Waals surface area contributed by atoms with Gasteiger partial charge in [0.05, 0.1) is 17.5 Å². The van der Waals surface area contributed by atoms with Crippen molar-refractivity contribution < 1.29 is 27.5 Å². The summed E-state index contributed by atoms with van der Waals surface area (Å²) in [7, 11) is 0. The molecule has 0 aliphatic heterocycles. The minimum atomic E-state index is -4.48. The summed E-state index contributed by atoms with van der Waals surface area (Å²) in [6, 6.07) is 2.06. The van der Waals surface area contributed by atoms with E-state index in [2.05, 4.69) is 10.1 Å². The zero-order valence-corrected chi connectivity index (χ0v) is 13.9. The first-order valence-corrected chi connectivity index (χ1v) is 8.09. The summed E-state index contributed by atoms with van der Waals surface area (Å²) >= 11 is 0. The quantitative estimate of drug-likeness (QED) is 0.779. The average Bonchev–Trinajstić information content (AvgIpc) is 2.98. The molecule has 0 N–H and O–H groups in total. The van der Waals surface area contributed by atoms with Crippen molar-refractivity contribution in [2.24, 2.45) is 0 Å². The molecular weight excluding hydrogens is 351 g/mol. The molecule has 0 radical (unpaired) electrons. The Morgan fingerprint density at radius 3 is 2.65 bits per heavy atom. The third kappa shape index (κ3) is 3.61. The first-order valence-electron chi connectivity index (χ1n) is 8.09. The van der Waals surface area contributed by atoms with Crippen molar-refractivity contribution in [2.75, 3.05) is 0 Å². The molecule has 2 aromatic heterocycles. The van der Waals surface area contributed by atoms with Gasteiger partial charge >= 0.3 is 12.1 Å². The Balaban J connectivity index is 1.79. The number of carbonyl (C=O) groups is 2. The number of halogens is 3. The summed E-state index contributed by atoms with van der Waals surface area (Å²) < 4.78 is 44.4. The summed E-state index contributed by atoms with van der Waals surface area (Å²) in [4.78, 5) is 27.8. The maximum atomic E-state index is 12.6. The Kier molecular flexibility index (Phi) is 4.80. The van der Waals surface area contributed by atoms with Crippen molar-refractivity contribution in [2.45, 2.75) is 44.9 Å². The Morgan fingerprint density at radius 1 is 1.27 bits per heavy atom. The monoisotopic (exact) mass is 367 g/mol. The number of alkyl halides is 3. The molecule has 0 amide bonds. The molecule has 26 heavy (non-hydrogen) atoms. The number of ether oxygens (including phenoxy) is 1. The first-order chi connectivity index (χ1) is 12.3. The number of nitrogens with zero attached hydrogens (tertiary/aromatic N) is 3. The highest BCUT2D eigenvalue weighted by Gasteiger charge is 2.31. The standard InChI is InChI=1S/C17H16F3N3O3/c1-10-12(16(25)26-14-5-3-2-4-13(14)24)9-22-23(10)15-7-6-11(8-21-15)17(18,19)20/h6-9,14H,2-5H2,1H3/t14-/m0/s1. The van der Waals surface area contributed by atoms with E-state index in [9.17, 15) is 22.8 Å². The van der Waals surface area contributed by atoms with Crippen LogP contribution in [0.25, 0.3) is 5.82 Å². The maximum absolute atomic E-state index is 12.6.